The van der Waals surface area contributed by atoms with E-state index in [0.29, 0.717) is 12.1 Å². The lowest BCUT2D eigenvalue weighted by atomic mass is 9.94. The minimum Gasteiger partial charge on any atom is -0.330 e. The summed E-state index contributed by atoms with van der Waals surface area (Å²) in [5, 5.41) is 2.86. The van der Waals surface area contributed by atoms with Gasteiger partial charge in [-0.1, -0.05) is 49.7 Å². The lowest BCUT2D eigenvalue weighted by Gasteiger charge is -2.18. The van der Waals surface area contributed by atoms with Crippen LogP contribution in [0.5, 0.6) is 0 Å². The van der Waals surface area contributed by atoms with Gasteiger partial charge in [-0.2, -0.15) is 0 Å². The average Bonchev–Trinajstić information content (AvgIpc) is 2.65. The first kappa shape index (κ1) is 20.9. The Hall–Kier alpha value is -2.39. The van der Waals surface area contributed by atoms with E-state index in [-0.39, 0.29) is 23.0 Å². The second-order valence-electron chi connectivity index (χ2n) is 6.27. The fourth-order valence-electron chi connectivity index (χ4n) is 3.03. The van der Waals surface area contributed by atoms with Crippen molar-refractivity contribution in [2.24, 2.45) is 5.73 Å². The molecule has 0 saturated carbocycles. The standard InChI is InChI=1S/C22H24ClFN2O/c1-3-6-15-10-11-17(14-16(15)7-4-2)26-22(27)19(12-13-25)18-8-5-9-20(23)21(18)24/h5,7-11,14,19H,2-3,6,12-13,25H2,1H3,(H,26,27). The highest BCUT2D eigenvalue weighted by Gasteiger charge is 2.24. The number of amides is 1. The van der Waals surface area contributed by atoms with Crippen molar-refractivity contribution in [3.63, 3.8) is 0 Å². The third kappa shape index (κ3) is 5.30. The predicted molar refractivity (Wildman–Crippen MR) is 110 cm³/mol. The lowest BCUT2D eigenvalue weighted by Crippen LogP contribution is -2.24. The zero-order valence-electron chi connectivity index (χ0n) is 15.4. The van der Waals surface area contributed by atoms with Gasteiger partial charge in [0.05, 0.1) is 10.9 Å². The van der Waals surface area contributed by atoms with E-state index in [1.807, 2.05) is 18.2 Å². The Morgan fingerprint density at radius 1 is 1.41 bits per heavy atom. The maximum atomic E-state index is 14.4. The molecule has 1 amide bonds. The number of rotatable bonds is 8. The monoisotopic (exact) mass is 386 g/mol. The number of nitrogens with two attached hydrogens (primary N) is 1. The highest BCUT2D eigenvalue weighted by molar-refractivity contribution is 6.30. The van der Waals surface area contributed by atoms with Crippen LogP contribution < -0.4 is 11.1 Å². The van der Waals surface area contributed by atoms with Crippen molar-refractivity contribution in [2.75, 3.05) is 11.9 Å². The van der Waals surface area contributed by atoms with Crippen molar-refractivity contribution < 1.29 is 9.18 Å². The molecule has 0 spiro atoms. The predicted octanol–water partition coefficient (Wildman–Crippen LogP) is 5.30. The molecule has 2 rings (SSSR count). The molecule has 0 aliphatic heterocycles. The van der Waals surface area contributed by atoms with Gasteiger partial charge in [-0.15, -0.1) is 5.73 Å². The van der Waals surface area contributed by atoms with E-state index in [2.05, 4.69) is 24.6 Å². The highest BCUT2D eigenvalue weighted by atomic mass is 35.5. The summed E-state index contributed by atoms with van der Waals surface area (Å²) >= 11 is 5.87. The molecule has 2 aromatic rings. The van der Waals surface area contributed by atoms with Crippen molar-refractivity contribution in [1.29, 1.82) is 0 Å². The van der Waals surface area contributed by atoms with Crippen LogP contribution in [0, 0.1) is 5.82 Å². The van der Waals surface area contributed by atoms with Gasteiger partial charge in [0.15, 0.2) is 0 Å². The summed E-state index contributed by atoms with van der Waals surface area (Å²) in [6.45, 7) is 5.98. The van der Waals surface area contributed by atoms with Crippen LogP contribution in [0.1, 0.15) is 42.4 Å². The zero-order chi connectivity index (χ0) is 19.8. The van der Waals surface area contributed by atoms with Crippen LogP contribution in [0.25, 0.3) is 6.08 Å². The molecule has 2 aromatic carbocycles. The second kappa shape index (κ2) is 10.1. The third-order valence-corrected chi connectivity index (χ3v) is 4.61. The molecule has 0 saturated heterocycles. The number of benzene rings is 2. The van der Waals surface area contributed by atoms with Crippen molar-refractivity contribution in [2.45, 2.75) is 32.1 Å². The smallest absolute Gasteiger partial charge is 0.232 e. The highest BCUT2D eigenvalue weighted by Crippen LogP contribution is 2.28. The lowest BCUT2D eigenvalue weighted by molar-refractivity contribution is -0.117. The van der Waals surface area contributed by atoms with Gasteiger partial charge in [-0.3, -0.25) is 4.79 Å². The minimum absolute atomic E-state index is 0.00959. The molecule has 0 fully saturated rings. The molecule has 5 heteroatoms. The van der Waals surface area contributed by atoms with Crippen molar-refractivity contribution in [3.8, 4) is 0 Å². The topological polar surface area (TPSA) is 55.1 Å². The molecule has 1 atom stereocenters. The maximum absolute atomic E-state index is 14.4. The van der Waals surface area contributed by atoms with Crippen LogP contribution in [0.2, 0.25) is 5.02 Å². The second-order valence-corrected chi connectivity index (χ2v) is 6.68. The van der Waals surface area contributed by atoms with E-state index in [1.54, 1.807) is 18.2 Å². The average molecular weight is 387 g/mol. The van der Waals surface area contributed by atoms with Crippen molar-refractivity contribution >= 4 is 29.3 Å². The molecule has 0 radical (unpaired) electrons. The normalized spacial score (nSPS) is 11.6. The Morgan fingerprint density at radius 2 is 2.19 bits per heavy atom. The Balaban J connectivity index is 2.31. The SMILES string of the molecule is C=C=Cc1cc(NC(=O)C(CCN)c2cccc(Cl)c2F)ccc1CCC. The number of carbonyl (C=O) groups is 1. The Morgan fingerprint density at radius 3 is 2.85 bits per heavy atom. The van der Waals surface area contributed by atoms with Gasteiger partial charge in [-0.25, -0.2) is 4.39 Å². The molecule has 0 aliphatic rings. The molecular formula is C22H24ClFN2O. The minimum atomic E-state index is -0.720. The first-order chi connectivity index (χ1) is 13.0. The third-order valence-electron chi connectivity index (χ3n) is 4.32. The molecule has 3 N–H and O–H groups in total. The Kier molecular flexibility index (Phi) is 7.81. The number of carbonyl (C=O) groups excluding carboxylic acids is 1. The van der Waals surface area contributed by atoms with Crippen molar-refractivity contribution in [1.82, 2.24) is 0 Å². The van der Waals surface area contributed by atoms with E-state index in [0.717, 1.165) is 24.0 Å². The number of anilines is 1. The zero-order valence-corrected chi connectivity index (χ0v) is 16.2. The van der Waals surface area contributed by atoms with Gasteiger partial charge < -0.3 is 11.1 Å². The van der Waals surface area contributed by atoms with Gasteiger partial charge in [0.25, 0.3) is 0 Å². The Labute approximate surface area is 164 Å². The fraction of sp³-hybridized carbons (Fsp3) is 0.273. The first-order valence-corrected chi connectivity index (χ1v) is 9.33. The number of aryl methyl sites for hydroxylation is 1. The van der Waals surface area contributed by atoms with Crippen LogP contribution in [-0.4, -0.2) is 12.5 Å². The molecule has 142 valence electrons. The first-order valence-electron chi connectivity index (χ1n) is 8.95. The molecule has 3 nitrogen and oxygen atoms in total. The number of hydrogen-bond acceptors (Lipinski definition) is 2. The maximum Gasteiger partial charge on any atom is 0.232 e. The molecule has 1 unspecified atom stereocenters. The summed E-state index contributed by atoms with van der Waals surface area (Å²) in [7, 11) is 0. The number of nitrogens with one attached hydrogen (secondary N) is 1. The summed E-state index contributed by atoms with van der Waals surface area (Å²) in [6, 6.07) is 10.3. The van der Waals surface area contributed by atoms with Crippen LogP contribution in [0.15, 0.2) is 48.7 Å². The van der Waals surface area contributed by atoms with Gasteiger partial charge in [0.2, 0.25) is 5.91 Å². The van der Waals surface area contributed by atoms with E-state index in [4.69, 9.17) is 17.3 Å². The summed E-state index contributed by atoms with van der Waals surface area (Å²) in [5.74, 6) is -1.62. The van der Waals surface area contributed by atoms with Crippen molar-refractivity contribution in [3.05, 3.63) is 76.2 Å². The summed E-state index contributed by atoms with van der Waals surface area (Å²) < 4.78 is 14.4. The molecule has 0 bridgehead atoms. The van der Waals surface area contributed by atoms with Crippen LogP contribution in [0.4, 0.5) is 10.1 Å². The van der Waals surface area contributed by atoms with Gasteiger partial charge in [-0.05, 0) is 54.8 Å². The van der Waals surface area contributed by atoms with Crippen LogP contribution >= 0.6 is 11.6 Å². The van der Waals surface area contributed by atoms with Crippen LogP contribution in [0.3, 0.4) is 0 Å². The molecule has 0 heterocycles. The van der Waals surface area contributed by atoms with Gasteiger partial charge in [0, 0.05) is 11.3 Å². The summed E-state index contributed by atoms with van der Waals surface area (Å²) in [6.07, 6.45) is 4.03. The molecule has 0 aromatic heterocycles. The van der Waals surface area contributed by atoms with E-state index in [9.17, 15) is 9.18 Å². The molecular weight excluding hydrogens is 363 g/mol. The summed E-state index contributed by atoms with van der Waals surface area (Å²) in [4.78, 5) is 12.8. The number of hydrogen-bond donors (Lipinski definition) is 2. The summed E-state index contributed by atoms with van der Waals surface area (Å²) in [5.41, 5.74) is 11.4. The molecule has 27 heavy (non-hydrogen) atoms. The fourth-order valence-corrected chi connectivity index (χ4v) is 3.21. The quantitative estimate of drug-likeness (QED) is 0.605. The van der Waals surface area contributed by atoms with E-state index in [1.165, 1.54) is 6.07 Å². The van der Waals surface area contributed by atoms with Gasteiger partial charge >= 0.3 is 0 Å². The van der Waals surface area contributed by atoms with Crippen LogP contribution in [-0.2, 0) is 11.2 Å². The number of halogens is 2. The Bertz CT molecular complexity index is 859. The van der Waals surface area contributed by atoms with E-state index >= 15 is 0 Å². The van der Waals surface area contributed by atoms with Gasteiger partial charge in [0.1, 0.15) is 5.82 Å². The van der Waals surface area contributed by atoms with E-state index < -0.39 is 11.7 Å². The molecule has 0 aliphatic carbocycles. The largest absolute Gasteiger partial charge is 0.330 e.